The van der Waals surface area contributed by atoms with Crippen molar-refractivity contribution >= 4 is 52.4 Å². The summed E-state index contributed by atoms with van der Waals surface area (Å²) in [7, 11) is 0. The van der Waals surface area contributed by atoms with Crippen LogP contribution in [0.3, 0.4) is 0 Å². The van der Waals surface area contributed by atoms with Gasteiger partial charge in [-0.25, -0.2) is 4.79 Å². The summed E-state index contributed by atoms with van der Waals surface area (Å²) >= 11 is 12.0. The molecule has 10 heteroatoms. The number of piperidine rings is 1. The fourth-order valence-corrected chi connectivity index (χ4v) is 5.15. The molecule has 1 saturated carbocycles. The van der Waals surface area contributed by atoms with E-state index in [1.165, 1.54) is 0 Å². The Bertz CT molecular complexity index is 1130. The van der Waals surface area contributed by atoms with Crippen molar-refractivity contribution in [3.8, 4) is 0 Å². The van der Waals surface area contributed by atoms with Crippen LogP contribution < -0.4 is 15.5 Å². The standard InChI is InChI=1S/C25H27Cl2N5O3/c26-20-9-8-18(14-21(20)27)29-24(35)30-12-10-25(11-13-30)23(34)31(15-22(33)28-17-6-7-17)16-32(25)19-4-2-1-3-5-19/h1-5,8-9,14,17H,6-7,10-13,15-16H2,(H,28,33)(H,29,35). The normalized spacial score (nSPS) is 19.3. The quantitative estimate of drug-likeness (QED) is 0.631. The zero-order valence-electron chi connectivity index (χ0n) is 19.2. The molecule has 5 rings (SSSR count). The molecule has 2 saturated heterocycles. The van der Waals surface area contributed by atoms with Crippen molar-refractivity contribution in [2.75, 3.05) is 36.5 Å². The molecule has 1 aliphatic carbocycles. The Balaban J connectivity index is 1.30. The summed E-state index contributed by atoms with van der Waals surface area (Å²) in [5.41, 5.74) is 0.696. The number of halogens is 2. The van der Waals surface area contributed by atoms with Gasteiger partial charge in [-0.05, 0) is 56.0 Å². The molecule has 0 bridgehead atoms. The molecular weight excluding hydrogens is 489 g/mol. The van der Waals surface area contributed by atoms with E-state index in [0.717, 1.165) is 18.5 Å². The molecule has 2 aliphatic heterocycles. The Morgan fingerprint density at radius 1 is 1.00 bits per heavy atom. The number of nitrogens with zero attached hydrogens (tertiary/aromatic N) is 3. The van der Waals surface area contributed by atoms with Gasteiger partial charge >= 0.3 is 6.03 Å². The summed E-state index contributed by atoms with van der Waals surface area (Å²) in [6, 6.07) is 14.7. The predicted molar refractivity (Wildman–Crippen MR) is 136 cm³/mol. The molecule has 3 fully saturated rings. The maximum atomic E-state index is 13.7. The monoisotopic (exact) mass is 515 g/mol. The molecule has 0 radical (unpaired) electrons. The van der Waals surface area contributed by atoms with Gasteiger partial charge in [0.1, 0.15) is 12.1 Å². The lowest BCUT2D eigenvalue weighted by Gasteiger charge is -2.43. The first-order chi connectivity index (χ1) is 16.9. The molecule has 0 atom stereocenters. The van der Waals surface area contributed by atoms with Gasteiger partial charge in [0.2, 0.25) is 5.91 Å². The van der Waals surface area contributed by atoms with E-state index in [0.29, 0.717) is 48.3 Å². The molecule has 2 aromatic carbocycles. The molecule has 0 unspecified atom stereocenters. The lowest BCUT2D eigenvalue weighted by Crippen LogP contribution is -2.58. The lowest BCUT2D eigenvalue weighted by molar-refractivity contribution is -0.137. The molecule has 1 spiro atoms. The van der Waals surface area contributed by atoms with Crippen molar-refractivity contribution in [1.29, 1.82) is 0 Å². The molecule has 2 heterocycles. The number of anilines is 2. The van der Waals surface area contributed by atoms with Gasteiger partial charge in [0.15, 0.2) is 0 Å². The van der Waals surface area contributed by atoms with Crippen LogP contribution in [0.1, 0.15) is 25.7 Å². The lowest BCUT2D eigenvalue weighted by atomic mass is 9.85. The van der Waals surface area contributed by atoms with E-state index in [1.807, 2.05) is 30.3 Å². The number of urea groups is 1. The van der Waals surface area contributed by atoms with Crippen molar-refractivity contribution in [2.45, 2.75) is 37.3 Å². The number of nitrogens with one attached hydrogen (secondary N) is 2. The van der Waals surface area contributed by atoms with Gasteiger partial charge in [-0.3, -0.25) is 9.59 Å². The maximum absolute atomic E-state index is 13.7. The molecule has 2 aromatic rings. The molecule has 4 amide bonds. The molecule has 2 N–H and O–H groups in total. The van der Waals surface area contributed by atoms with E-state index >= 15 is 0 Å². The number of likely N-dealkylation sites (tertiary alicyclic amines) is 1. The van der Waals surface area contributed by atoms with Crippen molar-refractivity contribution < 1.29 is 14.4 Å². The Kier molecular flexibility index (Phi) is 6.51. The minimum absolute atomic E-state index is 0.0436. The van der Waals surface area contributed by atoms with Crippen molar-refractivity contribution in [3.63, 3.8) is 0 Å². The average molecular weight is 516 g/mol. The number of hydrogen-bond acceptors (Lipinski definition) is 4. The van der Waals surface area contributed by atoms with Crippen molar-refractivity contribution in [3.05, 3.63) is 58.6 Å². The van der Waals surface area contributed by atoms with Gasteiger partial charge in [-0.2, -0.15) is 0 Å². The molecule has 3 aliphatic rings. The predicted octanol–water partition coefficient (Wildman–Crippen LogP) is 3.94. The number of benzene rings is 2. The van der Waals surface area contributed by atoms with Gasteiger partial charge in [0.25, 0.3) is 5.91 Å². The molecule has 8 nitrogen and oxygen atoms in total. The van der Waals surface area contributed by atoms with Gasteiger partial charge in [-0.15, -0.1) is 0 Å². The number of amides is 4. The highest BCUT2D eigenvalue weighted by atomic mass is 35.5. The van der Waals surface area contributed by atoms with Crippen LogP contribution in [0.15, 0.2) is 48.5 Å². The van der Waals surface area contributed by atoms with Gasteiger partial charge < -0.3 is 25.3 Å². The topological polar surface area (TPSA) is 85.0 Å². The van der Waals surface area contributed by atoms with Crippen LogP contribution in [0.25, 0.3) is 0 Å². The highest BCUT2D eigenvalue weighted by Crippen LogP contribution is 2.39. The SMILES string of the molecule is O=C(CN1CN(c2ccccc2)C2(CCN(C(=O)Nc3ccc(Cl)c(Cl)c3)CC2)C1=O)NC1CC1. The Morgan fingerprint density at radius 2 is 1.71 bits per heavy atom. The number of carbonyl (C=O) groups is 3. The van der Waals surface area contributed by atoms with E-state index < -0.39 is 5.54 Å². The summed E-state index contributed by atoms with van der Waals surface area (Å²) < 4.78 is 0. The summed E-state index contributed by atoms with van der Waals surface area (Å²) in [6.07, 6.45) is 2.94. The number of rotatable bonds is 5. The van der Waals surface area contributed by atoms with Crippen LogP contribution in [-0.4, -0.2) is 65.5 Å². The largest absolute Gasteiger partial charge is 0.352 e. The zero-order valence-corrected chi connectivity index (χ0v) is 20.7. The Labute approximate surface area is 214 Å². The molecule has 35 heavy (non-hydrogen) atoms. The third-order valence-corrected chi connectivity index (χ3v) is 7.65. The van der Waals surface area contributed by atoms with Crippen molar-refractivity contribution in [2.24, 2.45) is 0 Å². The summed E-state index contributed by atoms with van der Waals surface area (Å²) in [5, 5.41) is 6.60. The van der Waals surface area contributed by atoms with E-state index in [-0.39, 0.29) is 30.4 Å². The fraction of sp³-hybridized carbons (Fsp3) is 0.400. The Morgan fingerprint density at radius 3 is 2.37 bits per heavy atom. The summed E-state index contributed by atoms with van der Waals surface area (Å²) in [5.74, 6) is -0.179. The fourth-order valence-electron chi connectivity index (χ4n) is 4.85. The summed E-state index contributed by atoms with van der Waals surface area (Å²) in [4.78, 5) is 44.5. The van der Waals surface area contributed by atoms with Crippen LogP contribution in [0.5, 0.6) is 0 Å². The van der Waals surface area contributed by atoms with E-state index in [9.17, 15) is 14.4 Å². The maximum Gasteiger partial charge on any atom is 0.321 e. The third-order valence-electron chi connectivity index (χ3n) is 6.91. The van der Waals surface area contributed by atoms with Crippen LogP contribution >= 0.6 is 23.2 Å². The van der Waals surface area contributed by atoms with Crippen LogP contribution in [0, 0.1) is 0 Å². The van der Waals surface area contributed by atoms with Crippen LogP contribution in [0.4, 0.5) is 16.2 Å². The third kappa shape index (κ3) is 4.90. The second kappa shape index (κ2) is 9.59. The number of carbonyl (C=O) groups excluding carboxylic acids is 3. The van der Waals surface area contributed by atoms with E-state index in [1.54, 1.807) is 28.0 Å². The van der Waals surface area contributed by atoms with E-state index in [4.69, 9.17) is 23.2 Å². The second-order valence-electron chi connectivity index (χ2n) is 9.33. The smallest absolute Gasteiger partial charge is 0.321 e. The van der Waals surface area contributed by atoms with Crippen LogP contribution in [0.2, 0.25) is 10.0 Å². The van der Waals surface area contributed by atoms with E-state index in [2.05, 4.69) is 15.5 Å². The number of hydrogen-bond donors (Lipinski definition) is 2. The molecular formula is C25H27Cl2N5O3. The second-order valence-corrected chi connectivity index (χ2v) is 10.1. The zero-order chi connectivity index (χ0) is 24.6. The minimum Gasteiger partial charge on any atom is -0.352 e. The Hall–Kier alpha value is -2.97. The average Bonchev–Trinajstić information content (AvgIpc) is 3.63. The molecule has 184 valence electrons. The minimum atomic E-state index is -0.790. The first-order valence-electron chi connectivity index (χ1n) is 11.8. The van der Waals surface area contributed by atoms with Crippen LogP contribution in [-0.2, 0) is 9.59 Å². The molecule has 0 aromatic heterocycles. The highest BCUT2D eigenvalue weighted by Gasteiger charge is 2.54. The highest BCUT2D eigenvalue weighted by molar-refractivity contribution is 6.42. The van der Waals surface area contributed by atoms with Crippen molar-refractivity contribution in [1.82, 2.24) is 15.1 Å². The first-order valence-corrected chi connectivity index (χ1v) is 12.5. The van der Waals surface area contributed by atoms with Gasteiger partial charge in [-0.1, -0.05) is 41.4 Å². The van der Waals surface area contributed by atoms with Gasteiger partial charge in [0, 0.05) is 30.5 Å². The van der Waals surface area contributed by atoms with Gasteiger partial charge in [0.05, 0.1) is 16.7 Å². The first kappa shape index (κ1) is 23.8. The summed E-state index contributed by atoms with van der Waals surface area (Å²) in [6.45, 7) is 1.20. The number of para-hydroxylation sites is 1.